The minimum Gasteiger partial charge on any atom is -0.467 e. The number of hydrogen-bond donors (Lipinski definition) is 0. The molecule has 0 saturated heterocycles. The summed E-state index contributed by atoms with van der Waals surface area (Å²) in [5.74, 6) is 0.398. The number of aldehydes is 1. The van der Waals surface area contributed by atoms with Crippen molar-refractivity contribution < 1.29 is 19.2 Å². The number of ether oxygens (including phenoxy) is 2. The van der Waals surface area contributed by atoms with E-state index in [0.717, 1.165) is 0 Å². The Morgan fingerprint density at radius 3 is 2.69 bits per heavy atom. The molecular weight excluding hydrogens is 214 g/mol. The number of nitrogens with zero attached hydrogens (tertiary/aromatic N) is 1. The first-order valence-electron chi connectivity index (χ1n) is 4.46. The van der Waals surface area contributed by atoms with Gasteiger partial charge in [0.2, 0.25) is 0 Å². The molecule has 0 aliphatic carbocycles. The van der Waals surface area contributed by atoms with E-state index in [4.69, 9.17) is 9.47 Å². The highest BCUT2D eigenvalue weighted by molar-refractivity contribution is 5.82. The van der Waals surface area contributed by atoms with Crippen LogP contribution < -0.4 is 4.74 Å². The van der Waals surface area contributed by atoms with Crippen molar-refractivity contribution in [3.8, 4) is 5.75 Å². The molecule has 0 N–H and O–H groups in total. The fourth-order valence-corrected chi connectivity index (χ4v) is 1.22. The summed E-state index contributed by atoms with van der Waals surface area (Å²) in [6, 6.07) is 2.63. The van der Waals surface area contributed by atoms with Crippen molar-refractivity contribution in [1.29, 1.82) is 0 Å². The molecule has 0 spiro atoms. The SMILES string of the molecule is COCOc1cc(C=O)c([N+](=O)[O-])cc1C. The first-order valence-corrected chi connectivity index (χ1v) is 4.46. The topological polar surface area (TPSA) is 78.7 Å². The van der Waals surface area contributed by atoms with Gasteiger partial charge in [-0.25, -0.2) is 0 Å². The minimum atomic E-state index is -0.600. The second kappa shape index (κ2) is 5.22. The molecule has 0 atom stereocenters. The summed E-state index contributed by atoms with van der Waals surface area (Å²) in [7, 11) is 1.46. The zero-order chi connectivity index (χ0) is 12.1. The van der Waals surface area contributed by atoms with Crippen LogP contribution in [0.15, 0.2) is 12.1 Å². The van der Waals surface area contributed by atoms with E-state index in [1.165, 1.54) is 19.2 Å². The number of nitro benzene ring substituents is 1. The van der Waals surface area contributed by atoms with Crippen LogP contribution in [0.3, 0.4) is 0 Å². The molecule has 6 heteroatoms. The van der Waals surface area contributed by atoms with Crippen molar-refractivity contribution in [2.45, 2.75) is 6.92 Å². The van der Waals surface area contributed by atoms with Crippen molar-refractivity contribution in [3.05, 3.63) is 33.4 Å². The number of carbonyl (C=O) groups excluding carboxylic acids is 1. The lowest BCUT2D eigenvalue weighted by atomic mass is 10.1. The predicted molar refractivity (Wildman–Crippen MR) is 55.7 cm³/mol. The van der Waals surface area contributed by atoms with E-state index in [2.05, 4.69) is 0 Å². The average molecular weight is 225 g/mol. The van der Waals surface area contributed by atoms with Crippen molar-refractivity contribution in [1.82, 2.24) is 0 Å². The number of rotatable bonds is 5. The third-order valence-corrected chi connectivity index (χ3v) is 1.98. The number of methoxy groups -OCH3 is 1. The number of aryl methyl sites for hydroxylation is 1. The standard InChI is InChI=1S/C10H11NO5/c1-7-3-9(11(13)14)8(5-12)4-10(7)16-6-15-2/h3-5H,6H2,1-2H3. The summed E-state index contributed by atoms with van der Waals surface area (Å²) < 4.78 is 9.87. The van der Waals surface area contributed by atoms with E-state index in [1.54, 1.807) is 6.92 Å². The smallest absolute Gasteiger partial charge is 0.280 e. The van der Waals surface area contributed by atoms with Crippen LogP contribution in [0.25, 0.3) is 0 Å². The Hall–Kier alpha value is -1.95. The number of carbonyl (C=O) groups is 1. The van der Waals surface area contributed by atoms with E-state index in [9.17, 15) is 14.9 Å². The van der Waals surface area contributed by atoms with Crippen molar-refractivity contribution in [2.75, 3.05) is 13.9 Å². The lowest BCUT2D eigenvalue weighted by Crippen LogP contribution is -2.03. The van der Waals surface area contributed by atoms with Gasteiger partial charge in [-0.3, -0.25) is 14.9 Å². The molecule has 1 aromatic rings. The van der Waals surface area contributed by atoms with Crippen molar-refractivity contribution in [3.63, 3.8) is 0 Å². The quantitative estimate of drug-likeness (QED) is 0.330. The molecule has 0 radical (unpaired) electrons. The summed E-state index contributed by atoms with van der Waals surface area (Å²) in [5.41, 5.74) is 0.341. The molecule has 0 amide bonds. The first-order chi connectivity index (χ1) is 7.60. The molecule has 86 valence electrons. The van der Waals surface area contributed by atoms with Gasteiger partial charge in [0.1, 0.15) is 5.75 Å². The predicted octanol–water partition coefficient (Wildman–Crippen LogP) is 1.70. The molecule has 0 aliphatic rings. The van der Waals surface area contributed by atoms with E-state index in [1.807, 2.05) is 0 Å². The molecular formula is C10H11NO5. The zero-order valence-electron chi connectivity index (χ0n) is 8.93. The minimum absolute atomic E-state index is 0.0123. The number of benzene rings is 1. The molecule has 0 unspecified atom stereocenters. The van der Waals surface area contributed by atoms with Gasteiger partial charge in [-0.05, 0) is 18.6 Å². The van der Waals surface area contributed by atoms with Gasteiger partial charge in [0.05, 0.1) is 10.5 Å². The summed E-state index contributed by atoms with van der Waals surface area (Å²) in [5, 5.41) is 10.6. The van der Waals surface area contributed by atoms with Gasteiger partial charge >= 0.3 is 0 Å². The molecule has 0 heterocycles. The zero-order valence-corrected chi connectivity index (χ0v) is 8.93. The molecule has 0 aromatic heterocycles. The maximum atomic E-state index is 10.7. The van der Waals surface area contributed by atoms with Crippen LogP contribution in [0.2, 0.25) is 0 Å². The number of nitro groups is 1. The van der Waals surface area contributed by atoms with Gasteiger partial charge in [0, 0.05) is 13.2 Å². The molecule has 1 rings (SSSR count). The Balaban J connectivity index is 3.15. The lowest BCUT2D eigenvalue weighted by molar-refractivity contribution is -0.385. The van der Waals surface area contributed by atoms with Crippen molar-refractivity contribution in [2.24, 2.45) is 0 Å². The average Bonchev–Trinajstić information content (AvgIpc) is 2.26. The molecule has 0 bridgehead atoms. The summed E-state index contributed by atoms with van der Waals surface area (Å²) in [6.07, 6.45) is 0.428. The fourth-order valence-electron chi connectivity index (χ4n) is 1.22. The molecule has 6 nitrogen and oxygen atoms in total. The maximum absolute atomic E-state index is 10.7. The van der Waals surface area contributed by atoms with Crippen LogP contribution in [0.5, 0.6) is 5.75 Å². The molecule has 0 saturated carbocycles. The third-order valence-electron chi connectivity index (χ3n) is 1.98. The second-order valence-corrected chi connectivity index (χ2v) is 3.10. The van der Waals surface area contributed by atoms with E-state index in [0.29, 0.717) is 17.6 Å². The van der Waals surface area contributed by atoms with Crippen LogP contribution in [0.4, 0.5) is 5.69 Å². The van der Waals surface area contributed by atoms with Crippen molar-refractivity contribution >= 4 is 12.0 Å². The Morgan fingerprint density at radius 2 is 2.19 bits per heavy atom. The van der Waals surface area contributed by atoms with Crippen LogP contribution in [-0.2, 0) is 4.74 Å². The lowest BCUT2D eigenvalue weighted by Gasteiger charge is -2.08. The van der Waals surface area contributed by atoms with Gasteiger partial charge in [0.25, 0.3) is 5.69 Å². The summed E-state index contributed by atoms with van der Waals surface area (Å²) in [6.45, 7) is 1.68. The molecule has 1 aromatic carbocycles. The van der Waals surface area contributed by atoms with Crippen LogP contribution >= 0.6 is 0 Å². The van der Waals surface area contributed by atoms with Gasteiger partial charge in [0.15, 0.2) is 13.1 Å². The van der Waals surface area contributed by atoms with Gasteiger partial charge in [-0.1, -0.05) is 0 Å². The first kappa shape index (κ1) is 12.1. The Labute approximate surface area is 91.9 Å². The van der Waals surface area contributed by atoms with Crippen LogP contribution in [0, 0.1) is 17.0 Å². The Kier molecular flexibility index (Phi) is 3.96. The Bertz CT molecular complexity index is 416. The highest BCUT2D eigenvalue weighted by Gasteiger charge is 2.16. The molecule has 16 heavy (non-hydrogen) atoms. The van der Waals surface area contributed by atoms with Crippen LogP contribution in [-0.4, -0.2) is 25.1 Å². The van der Waals surface area contributed by atoms with E-state index < -0.39 is 4.92 Å². The largest absolute Gasteiger partial charge is 0.467 e. The summed E-state index contributed by atoms with van der Waals surface area (Å²) in [4.78, 5) is 20.7. The maximum Gasteiger partial charge on any atom is 0.280 e. The summed E-state index contributed by atoms with van der Waals surface area (Å²) >= 11 is 0. The van der Waals surface area contributed by atoms with Crippen LogP contribution in [0.1, 0.15) is 15.9 Å². The van der Waals surface area contributed by atoms with Gasteiger partial charge in [-0.2, -0.15) is 0 Å². The monoisotopic (exact) mass is 225 g/mol. The molecule has 0 fully saturated rings. The van der Waals surface area contributed by atoms with E-state index >= 15 is 0 Å². The highest BCUT2D eigenvalue weighted by atomic mass is 16.7. The third kappa shape index (κ3) is 2.54. The van der Waals surface area contributed by atoms with E-state index in [-0.39, 0.29) is 18.0 Å². The normalized spacial score (nSPS) is 9.88. The fraction of sp³-hybridized carbons (Fsp3) is 0.300. The number of hydrogen-bond acceptors (Lipinski definition) is 5. The Morgan fingerprint density at radius 1 is 1.50 bits per heavy atom. The highest BCUT2D eigenvalue weighted by Crippen LogP contribution is 2.27. The molecule has 0 aliphatic heterocycles. The van der Waals surface area contributed by atoms with Gasteiger partial charge < -0.3 is 9.47 Å². The second-order valence-electron chi connectivity index (χ2n) is 3.10. The van der Waals surface area contributed by atoms with Gasteiger partial charge in [-0.15, -0.1) is 0 Å².